The Morgan fingerprint density at radius 2 is 1.84 bits per heavy atom. The van der Waals surface area contributed by atoms with Gasteiger partial charge in [0, 0.05) is 56.2 Å². The number of likely N-dealkylation sites (tertiary alicyclic amines) is 1. The predicted octanol–water partition coefficient (Wildman–Crippen LogP) is 5.55. The van der Waals surface area contributed by atoms with E-state index in [1.165, 1.54) is 13.2 Å². The molecular weight excluding hydrogens is 493 g/mol. The number of rotatable bonds is 7. The zero-order valence-corrected chi connectivity index (χ0v) is 22.7. The van der Waals surface area contributed by atoms with E-state index in [-0.39, 0.29) is 26.2 Å². The number of aromatic nitrogens is 1. The second kappa shape index (κ2) is 11.8. The molecule has 0 spiro atoms. The molecule has 3 heterocycles. The molecule has 0 saturated carbocycles. The summed E-state index contributed by atoms with van der Waals surface area (Å²) in [6.07, 6.45) is 0. The largest absolute Gasteiger partial charge is 0.494 e. The smallest absolute Gasteiger partial charge is 0.265 e. The van der Waals surface area contributed by atoms with Gasteiger partial charge >= 0.3 is 0 Å². The first-order valence-electron chi connectivity index (χ1n) is 13.2. The zero-order chi connectivity index (χ0) is 27.4. The monoisotopic (exact) mass is 532 g/mol. The molecule has 2 atom stereocenters. The van der Waals surface area contributed by atoms with Crippen molar-refractivity contribution in [3.63, 3.8) is 0 Å². The Kier molecular flexibility index (Phi) is 8.67. The summed E-state index contributed by atoms with van der Waals surface area (Å²) in [5.74, 6) is -3.34. The van der Waals surface area contributed by atoms with E-state index in [2.05, 4.69) is 5.32 Å². The molecule has 2 unspecified atom stereocenters. The van der Waals surface area contributed by atoms with Crippen molar-refractivity contribution in [3.8, 4) is 22.8 Å². The highest BCUT2D eigenvalue weighted by atomic mass is 19.3. The molecule has 0 radical (unpaired) electrons. The minimum absolute atomic E-state index is 0. The maximum atomic E-state index is 14.9. The lowest BCUT2D eigenvalue weighted by Crippen LogP contribution is -2.51. The number of alkyl halides is 2. The third-order valence-electron chi connectivity index (χ3n) is 7.18. The van der Waals surface area contributed by atoms with Gasteiger partial charge in [-0.05, 0) is 56.4 Å². The normalized spacial score (nSPS) is 20.6. The maximum absolute atomic E-state index is 14.9. The number of fused-ring (bicyclic) bond motifs is 2. The number of hydrogen-bond donors (Lipinski definition) is 1. The van der Waals surface area contributed by atoms with Crippen LogP contribution >= 0.6 is 0 Å². The third kappa shape index (κ3) is 5.68. The number of methoxy groups -OCH3 is 1. The lowest BCUT2D eigenvalue weighted by molar-refractivity contribution is -0.114. The van der Waals surface area contributed by atoms with Crippen molar-refractivity contribution in [2.24, 2.45) is 11.8 Å². The lowest BCUT2D eigenvalue weighted by atomic mass is 9.86. The molecule has 6 nitrogen and oxygen atoms in total. The fourth-order valence-electron chi connectivity index (χ4n) is 5.44. The van der Waals surface area contributed by atoms with Crippen LogP contribution in [0.1, 0.15) is 15.3 Å². The van der Waals surface area contributed by atoms with Crippen LogP contribution in [0.2, 0.25) is 0 Å². The number of pyridine rings is 1. The Bertz CT molecular complexity index is 1250. The Labute approximate surface area is 224 Å². The minimum atomic E-state index is -2.77. The van der Waals surface area contributed by atoms with Crippen LogP contribution < -0.4 is 19.7 Å². The summed E-state index contributed by atoms with van der Waals surface area (Å²) in [6, 6.07) is 12.4. The molecule has 0 bridgehead atoms. The van der Waals surface area contributed by atoms with Gasteiger partial charge in [0.1, 0.15) is 12.4 Å². The number of hydrogen-bond acceptors (Lipinski definition) is 6. The van der Waals surface area contributed by atoms with Crippen molar-refractivity contribution in [2.45, 2.75) is 19.8 Å². The number of benzene rings is 2. The molecular formula is C29H39F3N4O2. The second-order valence-electron chi connectivity index (χ2n) is 9.74. The zero-order valence-electron chi connectivity index (χ0n) is 22.7. The van der Waals surface area contributed by atoms with Crippen molar-refractivity contribution in [3.05, 3.63) is 48.3 Å². The molecule has 0 amide bonds. The summed E-state index contributed by atoms with van der Waals surface area (Å²) < 4.78 is 55.4. The average Bonchev–Trinajstić information content (AvgIpc) is 3.34. The number of nitrogens with one attached hydrogen (secondary N) is 1. The van der Waals surface area contributed by atoms with E-state index in [4.69, 9.17) is 14.5 Å². The fourth-order valence-corrected chi connectivity index (χ4v) is 5.44. The molecule has 2 aliphatic rings. The van der Waals surface area contributed by atoms with Gasteiger partial charge < -0.3 is 24.6 Å². The molecule has 1 N–H and O–H groups in total. The second-order valence-corrected chi connectivity index (χ2v) is 9.74. The van der Waals surface area contributed by atoms with E-state index >= 15 is 0 Å². The summed E-state index contributed by atoms with van der Waals surface area (Å²) in [5, 5.41) is 3.62. The van der Waals surface area contributed by atoms with Crippen LogP contribution in [0.3, 0.4) is 0 Å². The number of ether oxygens (including phenoxy) is 2. The fraction of sp³-hybridized carbons (Fsp3) is 0.483. The standard InChI is InChI=1S/C27H31F3N4O2.C2H6.H2/c1-31-8-9-36-19-6-4-17(5-7-19)23-11-25(20-10-22(28)26(35-3)12-24(20)32-23)34-14-18-13-33(2)16-27(29,30)21(18)15-34;1-2;/h4-7,10-12,18,21,31H,8-9,13-16H2,1-3H3;1-2H3;1H. The molecule has 1 aromatic heterocycles. The van der Waals surface area contributed by atoms with Crippen molar-refractivity contribution in [1.29, 1.82) is 0 Å². The van der Waals surface area contributed by atoms with Crippen molar-refractivity contribution < 1.29 is 24.1 Å². The predicted molar refractivity (Wildman–Crippen MR) is 148 cm³/mol. The summed E-state index contributed by atoms with van der Waals surface area (Å²) >= 11 is 0. The van der Waals surface area contributed by atoms with Crippen molar-refractivity contribution >= 4 is 16.6 Å². The van der Waals surface area contributed by atoms with E-state index in [0.29, 0.717) is 42.0 Å². The van der Waals surface area contributed by atoms with Gasteiger partial charge in [0.15, 0.2) is 11.6 Å². The van der Waals surface area contributed by atoms with Crippen LogP contribution in [-0.2, 0) is 0 Å². The number of likely N-dealkylation sites (N-methyl/N-ethyl adjacent to an activating group) is 1. The summed E-state index contributed by atoms with van der Waals surface area (Å²) in [7, 11) is 5.01. The van der Waals surface area contributed by atoms with Crippen molar-refractivity contribution in [1.82, 2.24) is 15.2 Å². The first-order chi connectivity index (χ1) is 18.3. The molecule has 3 aromatic rings. The van der Waals surface area contributed by atoms with Gasteiger partial charge in [-0.1, -0.05) is 13.8 Å². The molecule has 2 fully saturated rings. The number of piperidine rings is 1. The third-order valence-corrected chi connectivity index (χ3v) is 7.18. The van der Waals surface area contributed by atoms with E-state index in [1.54, 1.807) is 18.0 Å². The van der Waals surface area contributed by atoms with Crippen LogP contribution in [0.5, 0.6) is 11.5 Å². The molecule has 38 heavy (non-hydrogen) atoms. The topological polar surface area (TPSA) is 49.9 Å². The van der Waals surface area contributed by atoms with Crippen LogP contribution in [-0.4, -0.2) is 76.3 Å². The van der Waals surface area contributed by atoms with E-state index in [9.17, 15) is 13.2 Å². The summed E-state index contributed by atoms with van der Waals surface area (Å²) in [4.78, 5) is 8.45. The van der Waals surface area contributed by atoms with E-state index in [1.807, 2.05) is 56.1 Å². The van der Waals surface area contributed by atoms with Gasteiger partial charge in [-0.15, -0.1) is 0 Å². The molecule has 9 heteroatoms. The first-order valence-corrected chi connectivity index (χ1v) is 13.2. The van der Waals surface area contributed by atoms with Crippen LogP contribution in [0.25, 0.3) is 22.2 Å². The Hall–Kier alpha value is -3.04. The van der Waals surface area contributed by atoms with Gasteiger partial charge in [0.2, 0.25) is 0 Å². The summed E-state index contributed by atoms with van der Waals surface area (Å²) in [6.45, 7) is 6.37. The van der Waals surface area contributed by atoms with Gasteiger partial charge in [-0.2, -0.15) is 0 Å². The molecule has 0 aliphatic carbocycles. The average molecular weight is 533 g/mol. The molecule has 5 rings (SSSR count). The van der Waals surface area contributed by atoms with E-state index < -0.39 is 17.7 Å². The first kappa shape index (κ1) is 28.0. The Balaban J connectivity index is 0.00000137. The van der Waals surface area contributed by atoms with Gasteiger partial charge in [0.05, 0.1) is 24.9 Å². The highest BCUT2D eigenvalue weighted by Gasteiger charge is 2.53. The van der Waals surface area contributed by atoms with Gasteiger partial charge in [0.25, 0.3) is 5.92 Å². The Morgan fingerprint density at radius 3 is 2.53 bits per heavy atom. The number of anilines is 1. The number of nitrogens with zero attached hydrogens (tertiary/aromatic N) is 3. The summed E-state index contributed by atoms with van der Waals surface area (Å²) in [5.41, 5.74) is 2.78. The highest BCUT2D eigenvalue weighted by Crippen LogP contribution is 2.44. The van der Waals surface area contributed by atoms with Gasteiger partial charge in [-0.3, -0.25) is 0 Å². The molecule has 2 saturated heterocycles. The van der Waals surface area contributed by atoms with E-state index in [0.717, 1.165) is 17.9 Å². The minimum Gasteiger partial charge on any atom is -0.494 e. The van der Waals surface area contributed by atoms with Crippen LogP contribution in [0, 0.1) is 17.7 Å². The van der Waals surface area contributed by atoms with Crippen LogP contribution in [0.15, 0.2) is 42.5 Å². The highest BCUT2D eigenvalue weighted by molar-refractivity contribution is 5.95. The van der Waals surface area contributed by atoms with Gasteiger partial charge in [-0.25, -0.2) is 18.2 Å². The Morgan fingerprint density at radius 1 is 1.11 bits per heavy atom. The lowest BCUT2D eigenvalue weighted by Gasteiger charge is -2.37. The SMILES string of the molecule is CC.CNCCOc1ccc(-c2cc(N3CC4CN(C)CC(F)(F)C4C3)c3cc(F)c(OC)cc3n2)cc1.[HH]. The van der Waals surface area contributed by atoms with Crippen LogP contribution in [0.4, 0.5) is 18.9 Å². The molecule has 2 aliphatic heterocycles. The molecule has 2 aromatic carbocycles. The molecule has 208 valence electrons. The number of halogens is 3. The van der Waals surface area contributed by atoms with Crippen molar-refractivity contribution in [2.75, 3.05) is 65.4 Å². The quantitative estimate of drug-likeness (QED) is 0.403. The maximum Gasteiger partial charge on any atom is 0.265 e.